The Balaban J connectivity index is 2.98. The highest BCUT2D eigenvalue weighted by molar-refractivity contribution is 5.52. The molecule has 1 unspecified atom stereocenters. The molecule has 0 aliphatic carbocycles. The third-order valence-corrected chi connectivity index (χ3v) is 1.14. The van der Waals surface area contributed by atoms with E-state index in [9.17, 15) is 4.79 Å². The van der Waals surface area contributed by atoms with E-state index >= 15 is 0 Å². The monoisotopic (exact) mass is 113 g/mol. The van der Waals surface area contributed by atoms with Crippen molar-refractivity contribution in [3.05, 3.63) is 6.92 Å². The summed E-state index contributed by atoms with van der Waals surface area (Å²) in [6, 6.07) is 0. The first kappa shape index (κ1) is 7.67. The van der Waals surface area contributed by atoms with Gasteiger partial charge in [-0.2, -0.15) is 0 Å². The van der Waals surface area contributed by atoms with Crippen molar-refractivity contribution in [2.75, 3.05) is 0 Å². The van der Waals surface area contributed by atoms with E-state index in [4.69, 9.17) is 0 Å². The summed E-state index contributed by atoms with van der Waals surface area (Å²) in [5.74, 6) is 0.233. The Morgan fingerprint density at radius 2 is 2.38 bits per heavy atom. The summed E-state index contributed by atoms with van der Waals surface area (Å²) in [6.07, 6.45) is 4.00. The first-order valence-corrected chi connectivity index (χ1v) is 3.05. The van der Waals surface area contributed by atoms with Crippen LogP contribution >= 0.6 is 0 Å². The van der Waals surface area contributed by atoms with Crippen LogP contribution < -0.4 is 0 Å². The molecule has 0 aromatic rings. The summed E-state index contributed by atoms with van der Waals surface area (Å²) in [7, 11) is 0. The molecule has 0 aromatic carbocycles. The molecule has 1 atom stereocenters. The van der Waals surface area contributed by atoms with E-state index in [2.05, 4.69) is 6.92 Å². The van der Waals surface area contributed by atoms with Crippen LogP contribution in [0, 0.1) is 12.8 Å². The molecule has 1 heteroatoms. The molecule has 0 saturated carbocycles. The van der Waals surface area contributed by atoms with Crippen LogP contribution in [0.15, 0.2) is 0 Å². The van der Waals surface area contributed by atoms with E-state index in [1.54, 1.807) is 0 Å². The van der Waals surface area contributed by atoms with E-state index in [0.717, 1.165) is 25.5 Å². The topological polar surface area (TPSA) is 17.1 Å². The molecule has 0 heterocycles. The predicted octanol–water partition coefficient (Wildman–Crippen LogP) is 1.83. The van der Waals surface area contributed by atoms with Gasteiger partial charge in [-0.3, -0.25) is 0 Å². The van der Waals surface area contributed by atoms with E-state index in [1.807, 2.05) is 6.92 Å². The van der Waals surface area contributed by atoms with Gasteiger partial charge in [0.05, 0.1) is 0 Å². The molecule has 47 valence electrons. The highest BCUT2D eigenvalue weighted by Gasteiger charge is 1.95. The Bertz CT molecular complexity index is 59.4. The van der Waals surface area contributed by atoms with Gasteiger partial charge >= 0.3 is 0 Å². The van der Waals surface area contributed by atoms with Gasteiger partial charge in [0.15, 0.2) is 0 Å². The third-order valence-electron chi connectivity index (χ3n) is 1.14. The molecule has 0 aromatic heterocycles. The lowest BCUT2D eigenvalue weighted by molar-refractivity contribution is -0.110. The van der Waals surface area contributed by atoms with Gasteiger partial charge in [-0.15, -0.1) is 0 Å². The average Bonchev–Trinajstić information content (AvgIpc) is 1.83. The minimum Gasteiger partial charge on any atom is -0.303 e. The van der Waals surface area contributed by atoms with Gasteiger partial charge in [-0.1, -0.05) is 26.7 Å². The SMILES string of the molecule is [CH2]CCCC(C)C=O. The minimum atomic E-state index is 0.233. The van der Waals surface area contributed by atoms with Crippen LogP contribution in [0.2, 0.25) is 0 Å². The first-order valence-electron chi connectivity index (χ1n) is 3.05. The van der Waals surface area contributed by atoms with Crippen molar-refractivity contribution < 1.29 is 4.79 Å². The standard InChI is InChI=1S/C7H13O/c1-3-4-5-7(2)6-8/h6-7H,1,3-5H2,2H3. The molecule has 8 heavy (non-hydrogen) atoms. The molecule has 0 aliphatic rings. The van der Waals surface area contributed by atoms with Crippen molar-refractivity contribution in [1.82, 2.24) is 0 Å². The summed E-state index contributed by atoms with van der Waals surface area (Å²) in [4.78, 5) is 9.99. The van der Waals surface area contributed by atoms with Crippen molar-refractivity contribution in [2.45, 2.75) is 26.2 Å². The maximum absolute atomic E-state index is 9.99. The Morgan fingerprint density at radius 1 is 1.75 bits per heavy atom. The Kier molecular flexibility index (Phi) is 4.62. The van der Waals surface area contributed by atoms with Crippen LogP contribution in [0.25, 0.3) is 0 Å². The summed E-state index contributed by atoms with van der Waals surface area (Å²) in [5.41, 5.74) is 0. The second-order valence-electron chi connectivity index (χ2n) is 2.11. The number of carbonyl (C=O) groups excluding carboxylic acids is 1. The number of carbonyl (C=O) groups is 1. The lowest BCUT2D eigenvalue weighted by Gasteiger charge is -1.97. The number of hydrogen-bond donors (Lipinski definition) is 0. The van der Waals surface area contributed by atoms with Gasteiger partial charge in [0, 0.05) is 5.92 Å². The molecular weight excluding hydrogens is 100 g/mol. The van der Waals surface area contributed by atoms with Crippen LogP contribution in [-0.4, -0.2) is 6.29 Å². The molecular formula is C7H13O. The van der Waals surface area contributed by atoms with E-state index < -0.39 is 0 Å². The Hall–Kier alpha value is -0.330. The predicted molar refractivity (Wildman–Crippen MR) is 34.4 cm³/mol. The molecule has 0 aliphatic heterocycles. The van der Waals surface area contributed by atoms with Gasteiger partial charge in [0.1, 0.15) is 6.29 Å². The summed E-state index contributed by atoms with van der Waals surface area (Å²) in [6.45, 7) is 5.61. The number of hydrogen-bond acceptors (Lipinski definition) is 1. The van der Waals surface area contributed by atoms with Gasteiger partial charge in [-0.05, 0) is 6.42 Å². The van der Waals surface area contributed by atoms with E-state index in [1.165, 1.54) is 0 Å². The van der Waals surface area contributed by atoms with Crippen LogP contribution in [0.1, 0.15) is 26.2 Å². The molecule has 0 fully saturated rings. The van der Waals surface area contributed by atoms with Gasteiger partial charge < -0.3 is 4.79 Å². The minimum absolute atomic E-state index is 0.233. The number of rotatable bonds is 4. The lowest BCUT2D eigenvalue weighted by atomic mass is 10.1. The van der Waals surface area contributed by atoms with Crippen LogP contribution in [0.4, 0.5) is 0 Å². The summed E-state index contributed by atoms with van der Waals surface area (Å²) >= 11 is 0. The molecule has 0 bridgehead atoms. The quantitative estimate of drug-likeness (QED) is 0.508. The van der Waals surface area contributed by atoms with E-state index in [-0.39, 0.29) is 5.92 Å². The lowest BCUT2D eigenvalue weighted by Crippen LogP contribution is -1.93. The van der Waals surface area contributed by atoms with Crippen LogP contribution in [0.5, 0.6) is 0 Å². The fourth-order valence-electron chi connectivity index (χ4n) is 0.534. The zero-order valence-electron chi connectivity index (χ0n) is 5.39. The summed E-state index contributed by atoms with van der Waals surface area (Å²) < 4.78 is 0. The smallest absolute Gasteiger partial charge is 0.122 e. The highest BCUT2D eigenvalue weighted by Crippen LogP contribution is 2.02. The molecule has 0 amide bonds. The fourth-order valence-corrected chi connectivity index (χ4v) is 0.534. The van der Waals surface area contributed by atoms with Crippen molar-refractivity contribution in [3.8, 4) is 0 Å². The maximum Gasteiger partial charge on any atom is 0.122 e. The van der Waals surface area contributed by atoms with Crippen LogP contribution in [0.3, 0.4) is 0 Å². The van der Waals surface area contributed by atoms with Crippen molar-refractivity contribution in [2.24, 2.45) is 5.92 Å². The van der Waals surface area contributed by atoms with Gasteiger partial charge in [-0.25, -0.2) is 0 Å². The zero-order chi connectivity index (χ0) is 6.41. The summed E-state index contributed by atoms with van der Waals surface area (Å²) in [5, 5.41) is 0. The average molecular weight is 113 g/mol. The highest BCUT2D eigenvalue weighted by atomic mass is 16.1. The number of unbranched alkanes of at least 4 members (excludes halogenated alkanes) is 1. The fraction of sp³-hybridized carbons (Fsp3) is 0.714. The third kappa shape index (κ3) is 3.85. The van der Waals surface area contributed by atoms with Crippen molar-refractivity contribution in [1.29, 1.82) is 0 Å². The first-order chi connectivity index (χ1) is 3.81. The zero-order valence-corrected chi connectivity index (χ0v) is 5.39. The molecule has 0 rings (SSSR count). The molecule has 0 N–H and O–H groups in total. The maximum atomic E-state index is 9.99. The van der Waals surface area contributed by atoms with Crippen molar-refractivity contribution >= 4 is 6.29 Å². The molecule has 1 nitrogen and oxygen atoms in total. The second-order valence-corrected chi connectivity index (χ2v) is 2.11. The number of aldehydes is 1. The normalized spacial score (nSPS) is 13.2. The molecule has 0 spiro atoms. The largest absolute Gasteiger partial charge is 0.303 e. The van der Waals surface area contributed by atoms with E-state index in [0.29, 0.717) is 0 Å². The Morgan fingerprint density at radius 3 is 2.75 bits per heavy atom. The van der Waals surface area contributed by atoms with Gasteiger partial charge in [0.25, 0.3) is 0 Å². The molecule has 1 radical (unpaired) electrons. The molecule has 0 saturated heterocycles. The second kappa shape index (κ2) is 4.82. The Labute approximate surface area is 51.1 Å². The van der Waals surface area contributed by atoms with Crippen LogP contribution in [-0.2, 0) is 4.79 Å². The van der Waals surface area contributed by atoms with Gasteiger partial charge in [0.2, 0.25) is 0 Å². The van der Waals surface area contributed by atoms with Crippen molar-refractivity contribution in [3.63, 3.8) is 0 Å².